The molecule has 3 aromatic rings. The van der Waals surface area contributed by atoms with Crippen LogP contribution in [0, 0.1) is 0 Å². The molecule has 2 amide bonds. The number of amides is 2. The Morgan fingerprint density at radius 1 is 1.30 bits per heavy atom. The number of aromatic nitrogens is 1. The van der Waals surface area contributed by atoms with E-state index in [1.165, 1.54) is 45.4 Å². The van der Waals surface area contributed by atoms with Gasteiger partial charge in [0.25, 0.3) is 0 Å². The molecule has 8 nitrogen and oxygen atoms in total. The fourth-order valence-electron chi connectivity index (χ4n) is 3.83. The van der Waals surface area contributed by atoms with Gasteiger partial charge in [0, 0.05) is 33.8 Å². The number of β-lactam (4-membered cyclic amide) rings is 1. The summed E-state index contributed by atoms with van der Waals surface area (Å²) in [6, 6.07) is 8.01. The highest BCUT2D eigenvalue weighted by Crippen LogP contribution is 2.47. The number of nitrogens with zero attached hydrogens (tertiary/aromatic N) is 2. The molecule has 1 aromatic carbocycles. The van der Waals surface area contributed by atoms with E-state index in [0.29, 0.717) is 15.3 Å². The van der Waals surface area contributed by atoms with E-state index in [2.05, 4.69) is 10.3 Å². The van der Waals surface area contributed by atoms with Gasteiger partial charge in [0.15, 0.2) is 5.43 Å². The van der Waals surface area contributed by atoms with Crippen molar-refractivity contribution in [3.05, 3.63) is 57.1 Å². The molecule has 4 heterocycles. The van der Waals surface area contributed by atoms with Crippen LogP contribution in [0.2, 0.25) is 0 Å². The molecule has 3 atom stereocenters. The monoisotopic (exact) mass is 519 g/mol. The number of hydrogen-bond donors (Lipinski definition) is 2. The summed E-state index contributed by atoms with van der Waals surface area (Å²) in [7, 11) is 0. The summed E-state index contributed by atoms with van der Waals surface area (Å²) in [5, 5.41) is 14.9. The van der Waals surface area contributed by atoms with E-state index in [1.807, 2.05) is 12.1 Å². The number of carboxylic acid groups (broad SMARTS) is 1. The smallest absolute Gasteiger partial charge is 0.322 e. The van der Waals surface area contributed by atoms with Gasteiger partial charge in [-0.2, -0.15) is 0 Å². The standard InChI is InChI=1S/C21H17N3O5S4/c25-13-6-16(32-14-4-2-1-3-12(13)14)33-21(20(28)29)8-24-18(27)17(19(24)31-9-21)23-15(26)5-11-7-30-10-22-11/h1-4,6-7,10,17,19H,5,8-9H2,(H,23,26)(H,28,29)/t17?,19-,21?/m1/s1. The lowest BCUT2D eigenvalue weighted by Gasteiger charge is -2.53. The molecular formula is C21H17N3O5S4. The number of thioether (sulfide) groups is 2. The predicted octanol–water partition coefficient (Wildman–Crippen LogP) is 2.28. The Bertz CT molecular complexity index is 1310. The summed E-state index contributed by atoms with van der Waals surface area (Å²) < 4.78 is 0.108. The Hall–Kier alpha value is -2.41. The molecule has 2 saturated heterocycles. The van der Waals surface area contributed by atoms with Crippen molar-refractivity contribution in [2.45, 2.75) is 26.8 Å². The molecule has 0 radical (unpaired) electrons. The van der Waals surface area contributed by atoms with Gasteiger partial charge in [-0.25, -0.2) is 4.98 Å². The van der Waals surface area contributed by atoms with Crippen molar-refractivity contribution in [3.8, 4) is 0 Å². The van der Waals surface area contributed by atoms with Crippen LogP contribution in [0.3, 0.4) is 0 Å². The van der Waals surface area contributed by atoms with Crippen LogP contribution in [0.25, 0.3) is 10.1 Å². The molecule has 12 heteroatoms. The number of fused-ring (bicyclic) bond motifs is 2. The second-order valence-electron chi connectivity index (χ2n) is 7.70. The van der Waals surface area contributed by atoms with Gasteiger partial charge in [-0.1, -0.05) is 23.9 Å². The van der Waals surface area contributed by atoms with Crippen LogP contribution in [0.5, 0.6) is 0 Å². The molecule has 0 saturated carbocycles. The first kappa shape index (κ1) is 22.4. The topological polar surface area (TPSA) is 117 Å². The highest BCUT2D eigenvalue weighted by atomic mass is 32.2. The van der Waals surface area contributed by atoms with Gasteiger partial charge in [-0.15, -0.1) is 34.4 Å². The van der Waals surface area contributed by atoms with Crippen molar-refractivity contribution in [2.24, 2.45) is 0 Å². The van der Waals surface area contributed by atoms with Crippen LogP contribution in [0.15, 0.2) is 50.2 Å². The number of rotatable bonds is 6. The van der Waals surface area contributed by atoms with Crippen LogP contribution in [0.4, 0.5) is 0 Å². The molecule has 2 N–H and O–H groups in total. The third-order valence-corrected chi connectivity index (χ3v) is 10.4. The summed E-state index contributed by atoms with van der Waals surface area (Å²) in [6.45, 7) is 0.00962. The molecule has 2 aromatic heterocycles. The average Bonchev–Trinajstić information content (AvgIpc) is 3.30. The Morgan fingerprint density at radius 3 is 2.88 bits per heavy atom. The van der Waals surface area contributed by atoms with Gasteiger partial charge in [0.2, 0.25) is 11.8 Å². The van der Waals surface area contributed by atoms with Crippen LogP contribution in [0.1, 0.15) is 5.69 Å². The summed E-state index contributed by atoms with van der Waals surface area (Å²) in [4.78, 5) is 55.5. The number of benzene rings is 1. The molecule has 5 rings (SSSR count). The Kier molecular flexibility index (Phi) is 5.93. The van der Waals surface area contributed by atoms with E-state index in [-0.39, 0.29) is 41.3 Å². The molecule has 0 aliphatic carbocycles. The minimum absolute atomic E-state index is 0.00962. The van der Waals surface area contributed by atoms with Crippen molar-refractivity contribution >= 4 is 74.1 Å². The Balaban J connectivity index is 1.31. The first-order chi connectivity index (χ1) is 15.9. The zero-order valence-electron chi connectivity index (χ0n) is 16.9. The van der Waals surface area contributed by atoms with E-state index < -0.39 is 16.8 Å². The Labute approximate surface area is 204 Å². The highest BCUT2D eigenvalue weighted by molar-refractivity contribution is 8.06. The van der Waals surface area contributed by atoms with Crippen LogP contribution in [-0.4, -0.2) is 61.2 Å². The van der Waals surface area contributed by atoms with Gasteiger partial charge in [-0.05, 0) is 12.1 Å². The number of carboxylic acids is 1. The van der Waals surface area contributed by atoms with Gasteiger partial charge < -0.3 is 15.3 Å². The zero-order valence-corrected chi connectivity index (χ0v) is 20.2. The SMILES string of the molecule is O=C(Cc1cscn1)NC1C(=O)N2CC(Sc3cc(=O)c4ccccc4s3)(C(=O)O)CS[C@H]12. The highest BCUT2D eigenvalue weighted by Gasteiger charge is 2.58. The minimum Gasteiger partial charge on any atom is -0.480 e. The fraction of sp³-hybridized carbons (Fsp3) is 0.286. The summed E-state index contributed by atoms with van der Waals surface area (Å²) >= 11 is 5.22. The van der Waals surface area contributed by atoms with Crippen molar-refractivity contribution in [1.29, 1.82) is 0 Å². The summed E-state index contributed by atoms with van der Waals surface area (Å²) in [5.74, 6) is -1.37. The van der Waals surface area contributed by atoms with E-state index in [4.69, 9.17) is 0 Å². The average molecular weight is 520 g/mol. The lowest BCUT2D eigenvalue weighted by molar-refractivity contribution is -0.152. The van der Waals surface area contributed by atoms with Gasteiger partial charge in [0.05, 0.1) is 21.8 Å². The second-order valence-corrected chi connectivity index (χ2v) is 12.3. The lowest BCUT2D eigenvalue weighted by Crippen LogP contribution is -2.74. The first-order valence-corrected chi connectivity index (χ1v) is 13.5. The van der Waals surface area contributed by atoms with Crippen LogP contribution < -0.4 is 10.7 Å². The number of nitrogens with one attached hydrogen (secondary N) is 1. The molecule has 0 bridgehead atoms. The van der Waals surface area contributed by atoms with Crippen molar-refractivity contribution in [3.63, 3.8) is 0 Å². The van der Waals surface area contributed by atoms with Crippen LogP contribution in [-0.2, 0) is 20.8 Å². The maximum Gasteiger partial charge on any atom is 0.322 e. The van der Waals surface area contributed by atoms with Crippen molar-refractivity contribution < 1.29 is 19.5 Å². The van der Waals surface area contributed by atoms with E-state index >= 15 is 0 Å². The number of aliphatic carboxylic acids is 1. The number of carbonyl (C=O) groups is 3. The van der Waals surface area contributed by atoms with Gasteiger partial charge in [-0.3, -0.25) is 19.2 Å². The van der Waals surface area contributed by atoms with E-state index in [0.717, 1.165) is 16.5 Å². The van der Waals surface area contributed by atoms with E-state index in [9.17, 15) is 24.3 Å². The molecule has 2 fully saturated rings. The third-order valence-electron chi connectivity index (χ3n) is 5.49. The molecule has 33 heavy (non-hydrogen) atoms. The lowest BCUT2D eigenvalue weighted by atomic mass is 10.0. The maximum absolute atomic E-state index is 12.8. The molecule has 2 unspecified atom stereocenters. The molecular weight excluding hydrogens is 503 g/mol. The number of hydrogen-bond acceptors (Lipinski definition) is 9. The van der Waals surface area contributed by atoms with Crippen molar-refractivity contribution in [1.82, 2.24) is 15.2 Å². The van der Waals surface area contributed by atoms with Gasteiger partial charge in [0.1, 0.15) is 16.2 Å². The zero-order chi connectivity index (χ0) is 23.2. The predicted molar refractivity (Wildman–Crippen MR) is 130 cm³/mol. The molecule has 0 spiro atoms. The summed E-state index contributed by atoms with van der Waals surface area (Å²) in [6.07, 6.45) is 0.0977. The molecule has 2 aliphatic heterocycles. The molecule has 2 aliphatic rings. The number of thiazole rings is 1. The van der Waals surface area contributed by atoms with Gasteiger partial charge >= 0.3 is 5.97 Å². The quantitative estimate of drug-likeness (QED) is 0.477. The van der Waals surface area contributed by atoms with Crippen molar-refractivity contribution in [2.75, 3.05) is 12.3 Å². The van der Waals surface area contributed by atoms with E-state index in [1.54, 1.807) is 23.0 Å². The number of carbonyl (C=O) groups excluding carboxylic acids is 2. The van der Waals surface area contributed by atoms with Crippen LogP contribution >= 0.6 is 46.2 Å². The fourth-order valence-corrected chi connectivity index (χ4v) is 8.78. The minimum atomic E-state index is -1.28. The maximum atomic E-state index is 12.8. The first-order valence-electron chi connectivity index (χ1n) is 9.90. The Morgan fingerprint density at radius 2 is 2.12 bits per heavy atom. The normalized spacial score (nSPS) is 24.2. The second kappa shape index (κ2) is 8.75. The largest absolute Gasteiger partial charge is 0.480 e. The summed E-state index contributed by atoms with van der Waals surface area (Å²) in [5.41, 5.74) is 2.13. The molecule has 170 valence electrons. The third kappa shape index (κ3) is 4.16.